The quantitative estimate of drug-likeness (QED) is 0.793. The number of likely N-dealkylation sites (N-methyl/N-ethyl adjacent to an activating group) is 1. The number of likely N-dealkylation sites (tertiary alicyclic amines) is 1. The highest BCUT2D eigenvalue weighted by Crippen LogP contribution is 2.18. The number of amides is 1. The van der Waals surface area contributed by atoms with E-state index in [0.717, 1.165) is 19.9 Å². The molecule has 1 amide bonds. The first-order valence-electron chi connectivity index (χ1n) is 5.49. The molecule has 0 aromatic rings. The Morgan fingerprint density at radius 1 is 1.53 bits per heavy atom. The second-order valence-electron chi connectivity index (χ2n) is 4.31. The van der Waals surface area contributed by atoms with Gasteiger partial charge < -0.3 is 10.0 Å². The molecule has 0 aliphatic carbocycles. The first kappa shape index (κ1) is 14.2. The molecule has 0 aromatic carbocycles. The maximum Gasteiger partial charge on any atom is 0.406 e. The zero-order chi connectivity index (χ0) is 13.1. The molecular weight excluding hydrogens is 237 g/mol. The minimum absolute atomic E-state index is 0.0577. The smallest absolute Gasteiger partial charge is 0.395 e. The van der Waals surface area contributed by atoms with Crippen LogP contribution in [0.3, 0.4) is 0 Å². The second-order valence-corrected chi connectivity index (χ2v) is 4.31. The Kier molecular flexibility index (Phi) is 4.76. The van der Waals surface area contributed by atoms with Gasteiger partial charge in [-0.1, -0.05) is 0 Å². The van der Waals surface area contributed by atoms with E-state index in [0.29, 0.717) is 11.4 Å². The van der Waals surface area contributed by atoms with E-state index in [4.69, 9.17) is 5.11 Å². The minimum Gasteiger partial charge on any atom is -0.395 e. The summed E-state index contributed by atoms with van der Waals surface area (Å²) in [5.41, 5.74) is 0. The van der Waals surface area contributed by atoms with Crippen LogP contribution < -0.4 is 0 Å². The summed E-state index contributed by atoms with van der Waals surface area (Å²) in [7, 11) is 1.14. The van der Waals surface area contributed by atoms with Crippen LogP contribution in [0.4, 0.5) is 13.2 Å². The molecule has 1 rings (SSSR count). The van der Waals surface area contributed by atoms with Gasteiger partial charge in [0.25, 0.3) is 0 Å². The fourth-order valence-corrected chi connectivity index (χ4v) is 1.96. The van der Waals surface area contributed by atoms with Gasteiger partial charge in [-0.25, -0.2) is 0 Å². The molecule has 100 valence electrons. The monoisotopic (exact) mass is 254 g/mol. The van der Waals surface area contributed by atoms with Crippen molar-refractivity contribution in [3.63, 3.8) is 0 Å². The lowest BCUT2D eigenvalue weighted by molar-refractivity contribution is -0.159. The molecule has 0 aromatic heterocycles. The normalized spacial score (nSPS) is 21.8. The molecule has 0 saturated carbocycles. The summed E-state index contributed by atoms with van der Waals surface area (Å²) in [5, 5.41) is 9.03. The van der Waals surface area contributed by atoms with Gasteiger partial charge in [0.05, 0.1) is 13.2 Å². The molecule has 1 heterocycles. The van der Waals surface area contributed by atoms with E-state index in [1.807, 2.05) is 0 Å². The van der Waals surface area contributed by atoms with Gasteiger partial charge in [0.15, 0.2) is 0 Å². The number of aliphatic hydroxyl groups is 1. The van der Waals surface area contributed by atoms with Crippen molar-refractivity contribution >= 4 is 5.91 Å². The molecule has 1 atom stereocenters. The topological polar surface area (TPSA) is 43.8 Å². The van der Waals surface area contributed by atoms with E-state index in [1.54, 1.807) is 4.90 Å². The summed E-state index contributed by atoms with van der Waals surface area (Å²) in [4.78, 5) is 13.9. The highest BCUT2D eigenvalue weighted by atomic mass is 19.4. The summed E-state index contributed by atoms with van der Waals surface area (Å²) < 4.78 is 36.2. The molecule has 1 aliphatic heterocycles. The largest absolute Gasteiger partial charge is 0.406 e. The van der Waals surface area contributed by atoms with Crippen LogP contribution >= 0.6 is 0 Å². The van der Waals surface area contributed by atoms with Crippen molar-refractivity contribution in [3.8, 4) is 0 Å². The van der Waals surface area contributed by atoms with Gasteiger partial charge >= 0.3 is 6.18 Å². The molecule has 4 nitrogen and oxygen atoms in total. The van der Waals surface area contributed by atoms with Gasteiger partial charge in [-0.2, -0.15) is 13.2 Å². The molecule has 17 heavy (non-hydrogen) atoms. The van der Waals surface area contributed by atoms with Gasteiger partial charge in [0.2, 0.25) is 5.91 Å². The van der Waals surface area contributed by atoms with Crippen molar-refractivity contribution in [3.05, 3.63) is 0 Å². The van der Waals surface area contributed by atoms with E-state index in [2.05, 4.69) is 0 Å². The Bertz CT molecular complexity index is 271. The third-order valence-electron chi connectivity index (χ3n) is 2.89. The summed E-state index contributed by atoms with van der Waals surface area (Å²) in [6.07, 6.45) is -2.72. The zero-order valence-corrected chi connectivity index (χ0v) is 9.70. The molecule has 0 radical (unpaired) electrons. The Hall–Kier alpha value is -0.820. The number of nitrogens with zero attached hydrogens (tertiary/aromatic N) is 2. The lowest BCUT2D eigenvalue weighted by Crippen LogP contribution is -2.44. The second kappa shape index (κ2) is 5.68. The van der Waals surface area contributed by atoms with Crippen LogP contribution in [-0.4, -0.2) is 66.3 Å². The first-order chi connectivity index (χ1) is 7.83. The molecule has 1 saturated heterocycles. The van der Waals surface area contributed by atoms with E-state index in [1.165, 1.54) is 0 Å². The molecular formula is C10H17F3N2O2. The summed E-state index contributed by atoms with van der Waals surface area (Å²) in [6, 6.07) is -0.0989. The maximum absolute atomic E-state index is 12.1. The number of carbonyl (C=O) groups is 1. The average Bonchev–Trinajstić information content (AvgIpc) is 2.62. The van der Waals surface area contributed by atoms with Crippen molar-refractivity contribution in [1.29, 1.82) is 0 Å². The Balaban J connectivity index is 2.43. The molecule has 1 N–H and O–H groups in total. The van der Waals surface area contributed by atoms with Crippen LogP contribution in [0, 0.1) is 0 Å². The number of aliphatic hydroxyl groups excluding tert-OH is 1. The summed E-state index contributed by atoms with van der Waals surface area (Å²) >= 11 is 0. The summed E-state index contributed by atoms with van der Waals surface area (Å²) in [5.74, 6) is -0.567. The van der Waals surface area contributed by atoms with Crippen LogP contribution in [0.25, 0.3) is 0 Å². The van der Waals surface area contributed by atoms with Gasteiger partial charge in [-0.05, 0) is 19.4 Å². The predicted molar refractivity (Wildman–Crippen MR) is 55.4 cm³/mol. The Morgan fingerprint density at radius 2 is 2.18 bits per heavy atom. The SMILES string of the molecule is CN(CC(F)(F)F)C(=O)CN1CCC[C@@H]1CO. The highest BCUT2D eigenvalue weighted by Gasteiger charge is 2.33. The third kappa shape index (κ3) is 4.51. The fourth-order valence-electron chi connectivity index (χ4n) is 1.96. The lowest BCUT2D eigenvalue weighted by atomic mass is 10.2. The molecule has 1 fully saturated rings. The maximum atomic E-state index is 12.1. The fraction of sp³-hybridized carbons (Fsp3) is 0.900. The standard InChI is InChI=1S/C10H17F3N2O2/c1-14(7-10(11,12)13)9(17)5-15-4-2-3-8(15)6-16/h8,16H,2-7H2,1H3/t8-/m1/s1. The van der Waals surface area contributed by atoms with Crippen LogP contribution in [0.2, 0.25) is 0 Å². The Morgan fingerprint density at radius 3 is 2.71 bits per heavy atom. The summed E-state index contributed by atoms with van der Waals surface area (Å²) in [6.45, 7) is -0.700. The van der Waals surface area contributed by atoms with Crippen LogP contribution in [0.15, 0.2) is 0 Å². The molecule has 1 aliphatic rings. The molecule has 0 bridgehead atoms. The lowest BCUT2D eigenvalue weighted by Gasteiger charge is -2.25. The number of alkyl halides is 3. The number of hydrogen-bond donors (Lipinski definition) is 1. The van der Waals surface area contributed by atoms with E-state index in [9.17, 15) is 18.0 Å². The molecule has 0 spiro atoms. The van der Waals surface area contributed by atoms with Crippen molar-refractivity contribution in [2.45, 2.75) is 25.1 Å². The van der Waals surface area contributed by atoms with E-state index in [-0.39, 0.29) is 19.2 Å². The van der Waals surface area contributed by atoms with Crippen molar-refractivity contribution < 1.29 is 23.1 Å². The molecule has 0 unspecified atom stereocenters. The van der Waals surface area contributed by atoms with Gasteiger partial charge in [0.1, 0.15) is 6.54 Å². The zero-order valence-electron chi connectivity index (χ0n) is 9.70. The number of hydrogen-bond acceptors (Lipinski definition) is 3. The van der Waals surface area contributed by atoms with Crippen molar-refractivity contribution in [2.75, 3.05) is 33.3 Å². The van der Waals surface area contributed by atoms with Gasteiger partial charge in [-0.15, -0.1) is 0 Å². The highest BCUT2D eigenvalue weighted by molar-refractivity contribution is 5.78. The minimum atomic E-state index is -4.37. The van der Waals surface area contributed by atoms with Gasteiger partial charge in [-0.3, -0.25) is 9.69 Å². The molecule has 7 heteroatoms. The average molecular weight is 254 g/mol. The van der Waals surface area contributed by atoms with Gasteiger partial charge in [0, 0.05) is 13.1 Å². The predicted octanol–water partition coefficient (Wildman–Crippen LogP) is 0.464. The number of rotatable bonds is 4. The van der Waals surface area contributed by atoms with E-state index >= 15 is 0 Å². The van der Waals surface area contributed by atoms with E-state index < -0.39 is 18.6 Å². The van der Waals surface area contributed by atoms with Crippen LogP contribution in [0.5, 0.6) is 0 Å². The van der Waals surface area contributed by atoms with Crippen molar-refractivity contribution in [1.82, 2.24) is 9.80 Å². The third-order valence-corrected chi connectivity index (χ3v) is 2.89. The Labute approximate surface area is 98.0 Å². The first-order valence-corrected chi connectivity index (χ1v) is 5.49. The van der Waals surface area contributed by atoms with Crippen LogP contribution in [0.1, 0.15) is 12.8 Å². The number of halogens is 3. The number of carbonyl (C=O) groups excluding carboxylic acids is 1. The van der Waals surface area contributed by atoms with Crippen LogP contribution in [-0.2, 0) is 4.79 Å². The van der Waals surface area contributed by atoms with Crippen molar-refractivity contribution in [2.24, 2.45) is 0 Å².